The van der Waals surface area contributed by atoms with E-state index in [0.717, 1.165) is 47.3 Å². The number of ether oxygens (including phenoxy) is 1. The normalized spacial score (nSPS) is 18.8. The van der Waals surface area contributed by atoms with Crippen molar-refractivity contribution in [3.05, 3.63) is 34.5 Å². The molecule has 1 unspecified atom stereocenters. The third-order valence-electron chi connectivity index (χ3n) is 3.63. The van der Waals surface area contributed by atoms with Crippen molar-refractivity contribution in [2.24, 2.45) is 0 Å². The van der Waals surface area contributed by atoms with Crippen LogP contribution in [0.2, 0.25) is 0 Å². The fourth-order valence-electron chi connectivity index (χ4n) is 2.55. The van der Waals surface area contributed by atoms with Crippen molar-refractivity contribution < 1.29 is 9.15 Å². The molecule has 3 nitrogen and oxygen atoms in total. The fraction of sp³-hybridized carbons (Fsp3) is 0.467. The molecule has 19 heavy (non-hydrogen) atoms. The van der Waals surface area contributed by atoms with E-state index in [4.69, 9.17) is 9.15 Å². The second kappa shape index (κ2) is 5.65. The van der Waals surface area contributed by atoms with E-state index in [1.807, 2.05) is 12.1 Å². The minimum Gasteiger partial charge on any atom is -0.459 e. The largest absolute Gasteiger partial charge is 0.459 e. The number of furan rings is 1. The molecule has 2 aromatic rings. The summed E-state index contributed by atoms with van der Waals surface area (Å²) in [6, 6.07) is 8.98. The van der Waals surface area contributed by atoms with E-state index in [1.165, 1.54) is 0 Å². The zero-order valence-corrected chi connectivity index (χ0v) is 12.6. The van der Waals surface area contributed by atoms with Crippen molar-refractivity contribution >= 4 is 26.9 Å². The van der Waals surface area contributed by atoms with Crippen LogP contribution in [0.3, 0.4) is 0 Å². The smallest absolute Gasteiger partial charge is 0.134 e. The van der Waals surface area contributed by atoms with Gasteiger partial charge in [0, 0.05) is 29.1 Å². The topological polar surface area (TPSA) is 34.4 Å². The van der Waals surface area contributed by atoms with Crippen molar-refractivity contribution in [1.29, 1.82) is 0 Å². The molecule has 1 N–H and O–H groups in total. The molecule has 0 aliphatic carbocycles. The Labute approximate surface area is 121 Å². The predicted octanol–water partition coefficient (Wildman–Crippen LogP) is 4.02. The fourth-order valence-corrected chi connectivity index (χ4v) is 2.93. The van der Waals surface area contributed by atoms with E-state index < -0.39 is 0 Å². The monoisotopic (exact) mass is 323 g/mol. The highest BCUT2D eigenvalue weighted by Gasteiger charge is 2.18. The first-order valence-electron chi connectivity index (χ1n) is 6.75. The van der Waals surface area contributed by atoms with Gasteiger partial charge in [-0.2, -0.15) is 0 Å². The highest BCUT2D eigenvalue weighted by atomic mass is 79.9. The summed E-state index contributed by atoms with van der Waals surface area (Å²) in [5, 5.41) is 4.77. The molecule has 0 bridgehead atoms. The second-order valence-electron chi connectivity index (χ2n) is 5.11. The average Bonchev–Trinajstić information content (AvgIpc) is 2.83. The SMILES string of the molecule is CC(NC1CCOCC1)c1cc2cc(Br)ccc2o1. The van der Waals surface area contributed by atoms with E-state index in [9.17, 15) is 0 Å². The van der Waals surface area contributed by atoms with Gasteiger partial charge in [0.05, 0.1) is 6.04 Å². The molecule has 0 radical (unpaired) electrons. The molecule has 1 aliphatic heterocycles. The van der Waals surface area contributed by atoms with Gasteiger partial charge in [-0.3, -0.25) is 0 Å². The first kappa shape index (κ1) is 13.2. The highest BCUT2D eigenvalue weighted by molar-refractivity contribution is 9.10. The molecule has 3 rings (SSSR count). The van der Waals surface area contributed by atoms with Gasteiger partial charge in [0.15, 0.2) is 0 Å². The Kier molecular flexibility index (Phi) is 3.91. The van der Waals surface area contributed by atoms with Gasteiger partial charge in [0.1, 0.15) is 11.3 Å². The maximum absolute atomic E-state index is 5.91. The Morgan fingerprint density at radius 3 is 2.84 bits per heavy atom. The van der Waals surface area contributed by atoms with Gasteiger partial charge in [-0.1, -0.05) is 15.9 Å². The van der Waals surface area contributed by atoms with Crippen LogP contribution >= 0.6 is 15.9 Å². The van der Waals surface area contributed by atoms with E-state index in [0.29, 0.717) is 6.04 Å². The van der Waals surface area contributed by atoms with Crippen molar-refractivity contribution in [1.82, 2.24) is 5.32 Å². The standard InChI is InChI=1S/C15H18BrNO2/c1-10(17-13-4-6-18-7-5-13)15-9-11-8-12(16)2-3-14(11)19-15/h2-3,8-10,13,17H,4-7H2,1H3. The van der Waals surface area contributed by atoms with Crippen LogP contribution in [0.4, 0.5) is 0 Å². The molecule has 1 atom stereocenters. The molecular weight excluding hydrogens is 306 g/mol. The zero-order chi connectivity index (χ0) is 13.2. The molecule has 1 aromatic heterocycles. The van der Waals surface area contributed by atoms with Crippen molar-refractivity contribution in [2.45, 2.75) is 31.8 Å². The molecule has 1 fully saturated rings. The van der Waals surface area contributed by atoms with E-state index in [1.54, 1.807) is 0 Å². The number of hydrogen-bond acceptors (Lipinski definition) is 3. The molecule has 2 heterocycles. The lowest BCUT2D eigenvalue weighted by Crippen LogP contribution is -2.36. The second-order valence-corrected chi connectivity index (χ2v) is 6.02. The predicted molar refractivity (Wildman–Crippen MR) is 79.3 cm³/mol. The molecule has 1 saturated heterocycles. The maximum Gasteiger partial charge on any atom is 0.134 e. The van der Waals surface area contributed by atoms with Crippen LogP contribution in [0.15, 0.2) is 33.2 Å². The Morgan fingerprint density at radius 2 is 2.05 bits per heavy atom. The quantitative estimate of drug-likeness (QED) is 0.926. The third-order valence-corrected chi connectivity index (χ3v) is 4.12. The van der Waals surface area contributed by atoms with Crippen LogP contribution < -0.4 is 5.32 Å². The number of halogens is 1. The minimum absolute atomic E-state index is 0.231. The number of nitrogens with one attached hydrogen (secondary N) is 1. The number of benzene rings is 1. The van der Waals surface area contributed by atoms with Gasteiger partial charge >= 0.3 is 0 Å². The van der Waals surface area contributed by atoms with E-state index in [-0.39, 0.29) is 6.04 Å². The molecule has 0 saturated carbocycles. The van der Waals surface area contributed by atoms with Crippen LogP contribution in [0, 0.1) is 0 Å². The summed E-state index contributed by atoms with van der Waals surface area (Å²) in [6.07, 6.45) is 2.16. The molecule has 0 amide bonds. The third kappa shape index (κ3) is 3.02. The van der Waals surface area contributed by atoms with E-state index in [2.05, 4.69) is 40.3 Å². The summed E-state index contributed by atoms with van der Waals surface area (Å²) in [7, 11) is 0. The van der Waals surface area contributed by atoms with Gasteiger partial charge in [-0.25, -0.2) is 0 Å². The van der Waals surface area contributed by atoms with Gasteiger partial charge < -0.3 is 14.5 Å². The summed E-state index contributed by atoms with van der Waals surface area (Å²) >= 11 is 3.49. The van der Waals surface area contributed by atoms with Gasteiger partial charge in [0.25, 0.3) is 0 Å². The Balaban J connectivity index is 1.75. The van der Waals surface area contributed by atoms with Crippen LogP contribution in [-0.4, -0.2) is 19.3 Å². The lowest BCUT2D eigenvalue weighted by molar-refractivity contribution is 0.0747. The van der Waals surface area contributed by atoms with Gasteiger partial charge in [0.2, 0.25) is 0 Å². The summed E-state index contributed by atoms with van der Waals surface area (Å²) in [5.74, 6) is 1.000. The molecule has 102 valence electrons. The number of hydrogen-bond donors (Lipinski definition) is 1. The molecule has 4 heteroatoms. The Morgan fingerprint density at radius 1 is 1.26 bits per heavy atom. The Bertz CT molecular complexity index is 560. The average molecular weight is 324 g/mol. The van der Waals surface area contributed by atoms with Crippen LogP contribution in [0.5, 0.6) is 0 Å². The maximum atomic E-state index is 5.91. The highest BCUT2D eigenvalue weighted by Crippen LogP contribution is 2.27. The van der Waals surface area contributed by atoms with Crippen LogP contribution in [-0.2, 0) is 4.74 Å². The minimum atomic E-state index is 0.231. The van der Waals surface area contributed by atoms with Gasteiger partial charge in [-0.05, 0) is 44.0 Å². The summed E-state index contributed by atoms with van der Waals surface area (Å²) in [6.45, 7) is 3.87. The molecule has 1 aliphatic rings. The van der Waals surface area contributed by atoms with Crippen LogP contribution in [0.25, 0.3) is 11.0 Å². The lowest BCUT2D eigenvalue weighted by atomic mass is 10.1. The Hall–Kier alpha value is -0.840. The lowest BCUT2D eigenvalue weighted by Gasteiger charge is -2.25. The summed E-state index contributed by atoms with van der Waals surface area (Å²) in [4.78, 5) is 0. The summed E-state index contributed by atoms with van der Waals surface area (Å²) in [5.41, 5.74) is 0.943. The van der Waals surface area contributed by atoms with Crippen molar-refractivity contribution in [2.75, 3.05) is 13.2 Å². The molecule has 1 aromatic carbocycles. The van der Waals surface area contributed by atoms with Crippen molar-refractivity contribution in [3.8, 4) is 0 Å². The molecule has 0 spiro atoms. The van der Waals surface area contributed by atoms with E-state index >= 15 is 0 Å². The number of fused-ring (bicyclic) bond motifs is 1. The first-order valence-corrected chi connectivity index (χ1v) is 7.54. The first-order chi connectivity index (χ1) is 9.22. The van der Waals surface area contributed by atoms with Crippen LogP contribution in [0.1, 0.15) is 31.6 Å². The van der Waals surface area contributed by atoms with Gasteiger partial charge in [-0.15, -0.1) is 0 Å². The molecular formula is C15H18BrNO2. The number of rotatable bonds is 3. The van der Waals surface area contributed by atoms with Crippen molar-refractivity contribution in [3.63, 3.8) is 0 Å². The summed E-state index contributed by atoms with van der Waals surface area (Å²) < 4.78 is 12.4. The zero-order valence-electron chi connectivity index (χ0n) is 11.0.